The number of aromatic nitrogens is 3. The molecular weight excluding hydrogens is 278 g/mol. The van der Waals surface area contributed by atoms with E-state index in [0.717, 1.165) is 5.69 Å². The van der Waals surface area contributed by atoms with Crippen LogP contribution >= 0.6 is 0 Å². The van der Waals surface area contributed by atoms with Crippen molar-refractivity contribution in [1.82, 2.24) is 19.5 Å². The van der Waals surface area contributed by atoms with E-state index >= 15 is 0 Å². The van der Waals surface area contributed by atoms with Crippen molar-refractivity contribution in [3.8, 4) is 0 Å². The van der Waals surface area contributed by atoms with Crippen LogP contribution in [0.15, 0.2) is 35.6 Å². The Morgan fingerprint density at radius 1 is 1.35 bits per heavy atom. The number of nitrogens with one attached hydrogen (secondary N) is 2. The summed E-state index contributed by atoms with van der Waals surface area (Å²) in [5, 5.41) is 7.01. The zero-order valence-corrected chi connectivity index (χ0v) is 12.2. The fraction of sp³-hybridized carbons (Fsp3) is 0.333. The zero-order valence-electron chi connectivity index (χ0n) is 11.4. The Balaban J connectivity index is 2.04. The number of pyridine rings is 1. The second kappa shape index (κ2) is 6.02. The maximum atomic E-state index is 12.2. The molecule has 0 aliphatic carbocycles. The van der Waals surface area contributed by atoms with Gasteiger partial charge in [-0.1, -0.05) is 0 Å². The summed E-state index contributed by atoms with van der Waals surface area (Å²) < 4.78 is 28.5. The van der Waals surface area contributed by atoms with E-state index in [9.17, 15) is 8.42 Å². The summed E-state index contributed by atoms with van der Waals surface area (Å²) in [7, 11) is -0.148. The standard InChI is InChI=1S/C12H17N5O2S/c1-13-11-4-3-7-14-12(11)20(18,19)15-8-5-10-6-9-17(2)16-10/h3-4,6-7,9,13,15H,5,8H2,1-2H3. The Morgan fingerprint density at radius 2 is 2.15 bits per heavy atom. The lowest BCUT2D eigenvalue weighted by Gasteiger charge is -2.09. The normalized spacial score (nSPS) is 11.5. The molecular formula is C12H17N5O2S. The van der Waals surface area contributed by atoms with Gasteiger partial charge in [-0.25, -0.2) is 18.1 Å². The molecule has 2 heterocycles. The lowest BCUT2D eigenvalue weighted by molar-refractivity contribution is 0.577. The average molecular weight is 295 g/mol. The first-order valence-corrected chi connectivity index (χ1v) is 7.62. The number of sulfonamides is 1. The van der Waals surface area contributed by atoms with Crippen molar-refractivity contribution < 1.29 is 8.42 Å². The van der Waals surface area contributed by atoms with Crippen LogP contribution < -0.4 is 10.0 Å². The van der Waals surface area contributed by atoms with E-state index in [0.29, 0.717) is 12.1 Å². The molecule has 0 saturated heterocycles. The maximum Gasteiger partial charge on any atom is 0.260 e. The molecule has 108 valence electrons. The monoisotopic (exact) mass is 295 g/mol. The predicted octanol–water partition coefficient (Wildman–Crippen LogP) is 0.378. The first kappa shape index (κ1) is 14.5. The number of rotatable bonds is 6. The quantitative estimate of drug-likeness (QED) is 0.804. The van der Waals surface area contributed by atoms with E-state index in [-0.39, 0.29) is 11.6 Å². The van der Waals surface area contributed by atoms with Gasteiger partial charge in [-0.3, -0.25) is 4.68 Å². The highest BCUT2D eigenvalue weighted by molar-refractivity contribution is 7.89. The summed E-state index contributed by atoms with van der Waals surface area (Å²) in [6, 6.07) is 5.20. The summed E-state index contributed by atoms with van der Waals surface area (Å²) in [6.45, 7) is 0.277. The molecule has 2 rings (SSSR count). The average Bonchev–Trinajstić information content (AvgIpc) is 2.84. The van der Waals surface area contributed by atoms with Crippen LogP contribution in [0.25, 0.3) is 0 Å². The predicted molar refractivity (Wildman–Crippen MR) is 75.9 cm³/mol. The molecule has 0 aromatic carbocycles. The highest BCUT2D eigenvalue weighted by atomic mass is 32.2. The zero-order chi connectivity index (χ0) is 14.6. The molecule has 0 amide bonds. The number of hydrogen-bond acceptors (Lipinski definition) is 5. The fourth-order valence-corrected chi connectivity index (χ4v) is 2.94. The topological polar surface area (TPSA) is 88.9 Å². The minimum atomic E-state index is -3.62. The van der Waals surface area contributed by atoms with Crippen LogP contribution in [0, 0.1) is 0 Å². The van der Waals surface area contributed by atoms with Crippen LogP contribution in [0.2, 0.25) is 0 Å². The van der Waals surface area contributed by atoms with Crippen LogP contribution in [0.3, 0.4) is 0 Å². The van der Waals surface area contributed by atoms with Crippen molar-refractivity contribution in [2.24, 2.45) is 7.05 Å². The summed E-state index contributed by atoms with van der Waals surface area (Å²) in [4.78, 5) is 3.92. The lowest BCUT2D eigenvalue weighted by Crippen LogP contribution is -2.27. The van der Waals surface area contributed by atoms with Crippen molar-refractivity contribution in [1.29, 1.82) is 0 Å². The maximum absolute atomic E-state index is 12.2. The third kappa shape index (κ3) is 3.34. The van der Waals surface area contributed by atoms with Crippen molar-refractivity contribution in [2.45, 2.75) is 11.4 Å². The highest BCUT2D eigenvalue weighted by Crippen LogP contribution is 2.16. The van der Waals surface area contributed by atoms with E-state index in [4.69, 9.17) is 0 Å². The molecule has 0 spiro atoms. The molecule has 0 aliphatic heterocycles. The van der Waals surface area contributed by atoms with Crippen LogP contribution in [-0.4, -0.2) is 36.8 Å². The van der Waals surface area contributed by atoms with Gasteiger partial charge in [0.2, 0.25) is 0 Å². The van der Waals surface area contributed by atoms with Gasteiger partial charge in [-0.05, 0) is 18.2 Å². The van der Waals surface area contributed by atoms with Crippen LogP contribution in [0.4, 0.5) is 5.69 Å². The molecule has 0 atom stereocenters. The SMILES string of the molecule is CNc1cccnc1S(=O)(=O)NCCc1ccn(C)n1. The molecule has 2 aromatic rings. The molecule has 2 aromatic heterocycles. The molecule has 0 bridgehead atoms. The van der Waals surface area contributed by atoms with E-state index < -0.39 is 10.0 Å². The number of nitrogens with zero attached hydrogens (tertiary/aromatic N) is 3. The lowest BCUT2D eigenvalue weighted by atomic mass is 10.3. The van der Waals surface area contributed by atoms with Gasteiger partial charge in [0, 0.05) is 39.5 Å². The summed E-state index contributed by atoms with van der Waals surface area (Å²) >= 11 is 0. The van der Waals surface area contributed by atoms with Gasteiger partial charge in [-0.15, -0.1) is 0 Å². The molecule has 0 aliphatic rings. The first-order valence-electron chi connectivity index (χ1n) is 6.14. The second-order valence-electron chi connectivity index (χ2n) is 4.23. The molecule has 2 N–H and O–H groups in total. The molecule has 7 nitrogen and oxygen atoms in total. The Labute approximate surface area is 118 Å². The van der Waals surface area contributed by atoms with Gasteiger partial charge in [0.25, 0.3) is 10.0 Å². The van der Waals surface area contributed by atoms with Crippen molar-refractivity contribution in [3.05, 3.63) is 36.3 Å². The van der Waals surface area contributed by atoms with Gasteiger partial charge >= 0.3 is 0 Å². The molecule has 0 saturated carbocycles. The molecule has 0 fully saturated rings. The molecule has 20 heavy (non-hydrogen) atoms. The van der Waals surface area contributed by atoms with Crippen molar-refractivity contribution >= 4 is 15.7 Å². The fourth-order valence-electron chi connectivity index (χ4n) is 1.77. The van der Waals surface area contributed by atoms with Crippen molar-refractivity contribution in [3.63, 3.8) is 0 Å². The third-order valence-electron chi connectivity index (χ3n) is 2.74. The molecule has 0 unspecified atom stereocenters. The van der Waals surface area contributed by atoms with Crippen LogP contribution in [0.1, 0.15) is 5.69 Å². The highest BCUT2D eigenvalue weighted by Gasteiger charge is 2.19. The smallest absolute Gasteiger partial charge is 0.260 e. The Hall–Kier alpha value is -1.93. The summed E-state index contributed by atoms with van der Waals surface area (Å²) in [5.41, 5.74) is 1.31. The van der Waals surface area contributed by atoms with Gasteiger partial charge in [0.1, 0.15) is 0 Å². The number of hydrogen-bond donors (Lipinski definition) is 2. The second-order valence-corrected chi connectivity index (χ2v) is 5.92. The molecule has 8 heteroatoms. The molecule has 0 radical (unpaired) electrons. The summed E-state index contributed by atoms with van der Waals surface area (Å²) in [6.07, 6.45) is 3.80. The number of anilines is 1. The Bertz CT molecular complexity index is 681. The number of aryl methyl sites for hydroxylation is 1. The first-order chi connectivity index (χ1) is 9.53. The van der Waals surface area contributed by atoms with E-state index in [2.05, 4.69) is 20.1 Å². The van der Waals surface area contributed by atoms with Gasteiger partial charge < -0.3 is 5.32 Å². The van der Waals surface area contributed by atoms with Crippen LogP contribution in [-0.2, 0) is 23.5 Å². The summed E-state index contributed by atoms with van der Waals surface area (Å²) in [5.74, 6) is 0. The van der Waals surface area contributed by atoms with Crippen molar-refractivity contribution in [2.75, 3.05) is 18.9 Å². The van der Waals surface area contributed by atoms with Gasteiger partial charge in [0.05, 0.1) is 11.4 Å². The minimum absolute atomic E-state index is 0.00326. The van der Waals surface area contributed by atoms with E-state index in [1.807, 2.05) is 19.3 Å². The third-order valence-corrected chi connectivity index (χ3v) is 4.16. The van der Waals surface area contributed by atoms with E-state index in [1.54, 1.807) is 23.9 Å². The Kier molecular flexibility index (Phi) is 4.35. The van der Waals surface area contributed by atoms with Gasteiger partial charge in [-0.2, -0.15) is 5.10 Å². The minimum Gasteiger partial charge on any atom is -0.386 e. The Morgan fingerprint density at radius 3 is 2.80 bits per heavy atom. The van der Waals surface area contributed by atoms with E-state index in [1.165, 1.54) is 6.20 Å². The van der Waals surface area contributed by atoms with Gasteiger partial charge in [0.15, 0.2) is 5.03 Å². The largest absolute Gasteiger partial charge is 0.386 e. The van der Waals surface area contributed by atoms with Crippen LogP contribution in [0.5, 0.6) is 0 Å².